The summed E-state index contributed by atoms with van der Waals surface area (Å²) < 4.78 is 1.18. The second-order valence-electron chi connectivity index (χ2n) is 4.72. The maximum absolute atomic E-state index is 3.54. The number of nitrogens with zero attached hydrogens (tertiary/aromatic N) is 1. The van der Waals surface area contributed by atoms with Crippen molar-refractivity contribution < 1.29 is 0 Å². The van der Waals surface area contributed by atoms with Crippen molar-refractivity contribution in [3.8, 4) is 0 Å². The van der Waals surface area contributed by atoms with Crippen molar-refractivity contribution in [3.63, 3.8) is 0 Å². The van der Waals surface area contributed by atoms with Crippen molar-refractivity contribution >= 4 is 21.6 Å². The van der Waals surface area contributed by atoms with Crippen molar-refractivity contribution in [2.75, 3.05) is 18.5 Å². The van der Waals surface area contributed by atoms with Gasteiger partial charge in [0.25, 0.3) is 0 Å². The Morgan fingerprint density at radius 2 is 2.07 bits per heavy atom. The predicted molar refractivity (Wildman–Crippen MR) is 65.1 cm³/mol. The van der Waals surface area contributed by atoms with Crippen molar-refractivity contribution in [3.05, 3.63) is 28.2 Å². The fourth-order valence-electron chi connectivity index (χ4n) is 2.09. The van der Waals surface area contributed by atoms with Crippen LogP contribution in [0.25, 0.3) is 0 Å². The second-order valence-corrected chi connectivity index (χ2v) is 5.63. The van der Waals surface area contributed by atoms with E-state index in [1.54, 1.807) is 0 Å². The molecule has 1 aliphatic rings. The summed E-state index contributed by atoms with van der Waals surface area (Å²) in [4.78, 5) is 2.34. The molecule has 0 aliphatic carbocycles. The zero-order valence-corrected chi connectivity index (χ0v) is 10.6. The molecule has 0 bridgehead atoms. The smallest absolute Gasteiger partial charge is 0.0402 e. The Morgan fingerprint density at radius 1 is 1.36 bits per heavy atom. The lowest BCUT2D eigenvalue weighted by Gasteiger charge is -2.38. The Morgan fingerprint density at radius 3 is 2.79 bits per heavy atom. The van der Waals surface area contributed by atoms with Crippen LogP contribution in [-0.2, 0) is 5.41 Å². The van der Waals surface area contributed by atoms with Gasteiger partial charge in [-0.1, -0.05) is 29.8 Å². The molecular formula is C12H16BrN. The van der Waals surface area contributed by atoms with Gasteiger partial charge in [-0.15, -0.1) is 0 Å². The highest BCUT2D eigenvalue weighted by atomic mass is 79.9. The van der Waals surface area contributed by atoms with E-state index in [0.717, 1.165) is 6.54 Å². The Kier molecular flexibility index (Phi) is 2.34. The van der Waals surface area contributed by atoms with Crippen LogP contribution in [0.5, 0.6) is 0 Å². The fourth-order valence-corrected chi connectivity index (χ4v) is 2.45. The fraction of sp³-hybridized carbons (Fsp3) is 0.500. The number of fused-ring (bicyclic) bond motifs is 1. The SMILES string of the molecule is CN1CCC(C)(C)c2cc(Br)ccc21. The van der Waals surface area contributed by atoms with Crippen LogP contribution in [0.15, 0.2) is 22.7 Å². The number of hydrogen-bond acceptors (Lipinski definition) is 1. The van der Waals surface area contributed by atoms with E-state index in [1.807, 2.05) is 0 Å². The third-order valence-corrected chi connectivity index (χ3v) is 3.66. The van der Waals surface area contributed by atoms with Gasteiger partial charge in [0.05, 0.1) is 0 Å². The van der Waals surface area contributed by atoms with E-state index in [2.05, 4.69) is 59.9 Å². The van der Waals surface area contributed by atoms with E-state index in [9.17, 15) is 0 Å². The molecule has 0 spiro atoms. The van der Waals surface area contributed by atoms with Crippen molar-refractivity contribution in [2.24, 2.45) is 0 Å². The first-order valence-corrected chi connectivity index (χ1v) is 5.81. The van der Waals surface area contributed by atoms with Gasteiger partial charge in [-0.3, -0.25) is 0 Å². The van der Waals surface area contributed by atoms with Gasteiger partial charge in [0.1, 0.15) is 0 Å². The van der Waals surface area contributed by atoms with Gasteiger partial charge in [0.2, 0.25) is 0 Å². The molecule has 1 heterocycles. The zero-order valence-electron chi connectivity index (χ0n) is 8.97. The normalized spacial score (nSPS) is 19.3. The number of benzene rings is 1. The minimum Gasteiger partial charge on any atom is -0.374 e. The summed E-state index contributed by atoms with van der Waals surface area (Å²) >= 11 is 3.54. The average molecular weight is 254 g/mol. The lowest BCUT2D eigenvalue weighted by Crippen LogP contribution is -2.34. The molecule has 1 aromatic rings. The van der Waals surface area contributed by atoms with Gasteiger partial charge >= 0.3 is 0 Å². The molecule has 0 fully saturated rings. The number of anilines is 1. The summed E-state index contributed by atoms with van der Waals surface area (Å²) in [6.45, 7) is 5.80. The Bertz CT molecular complexity index is 357. The van der Waals surface area contributed by atoms with Crippen LogP contribution in [0, 0.1) is 0 Å². The molecule has 0 atom stereocenters. The Labute approximate surface area is 94.2 Å². The number of halogens is 1. The highest BCUT2D eigenvalue weighted by Gasteiger charge is 2.29. The molecule has 1 aromatic carbocycles. The van der Waals surface area contributed by atoms with E-state index >= 15 is 0 Å². The largest absolute Gasteiger partial charge is 0.374 e. The summed E-state index contributed by atoms with van der Waals surface area (Å²) in [6, 6.07) is 6.59. The van der Waals surface area contributed by atoms with Crippen LogP contribution in [0.4, 0.5) is 5.69 Å². The first kappa shape index (κ1) is 10.0. The highest BCUT2D eigenvalue weighted by Crippen LogP contribution is 2.40. The van der Waals surface area contributed by atoms with Crippen molar-refractivity contribution in [1.29, 1.82) is 0 Å². The standard InChI is InChI=1S/C12H16BrN/c1-12(2)6-7-14(3)11-5-4-9(13)8-10(11)12/h4-5,8H,6-7H2,1-3H3. The third kappa shape index (κ3) is 1.56. The van der Waals surface area contributed by atoms with Gasteiger partial charge in [0, 0.05) is 23.8 Å². The van der Waals surface area contributed by atoms with Crippen molar-refractivity contribution in [1.82, 2.24) is 0 Å². The summed E-state index contributed by atoms with van der Waals surface area (Å²) in [5, 5.41) is 0. The molecule has 0 N–H and O–H groups in total. The average Bonchev–Trinajstić information content (AvgIpc) is 2.12. The van der Waals surface area contributed by atoms with Gasteiger partial charge in [-0.05, 0) is 35.6 Å². The van der Waals surface area contributed by atoms with Crippen LogP contribution in [0.2, 0.25) is 0 Å². The topological polar surface area (TPSA) is 3.24 Å². The van der Waals surface area contributed by atoms with Crippen LogP contribution in [0.1, 0.15) is 25.8 Å². The van der Waals surface area contributed by atoms with Gasteiger partial charge < -0.3 is 4.90 Å². The predicted octanol–water partition coefficient (Wildman–Crippen LogP) is 3.57. The third-order valence-electron chi connectivity index (χ3n) is 3.17. The van der Waals surface area contributed by atoms with Crippen molar-refractivity contribution in [2.45, 2.75) is 25.7 Å². The molecule has 76 valence electrons. The summed E-state index contributed by atoms with van der Waals surface area (Å²) in [6.07, 6.45) is 1.23. The van der Waals surface area contributed by atoms with Gasteiger partial charge in [-0.2, -0.15) is 0 Å². The van der Waals surface area contributed by atoms with Crippen LogP contribution in [-0.4, -0.2) is 13.6 Å². The molecule has 0 saturated carbocycles. The van der Waals surface area contributed by atoms with E-state index in [4.69, 9.17) is 0 Å². The molecule has 0 saturated heterocycles. The molecular weight excluding hydrogens is 238 g/mol. The first-order valence-electron chi connectivity index (χ1n) is 5.02. The minimum atomic E-state index is 0.311. The highest BCUT2D eigenvalue weighted by molar-refractivity contribution is 9.10. The molecule has 1 nitrogen and oxygen atoms in total. The van der Waals surface area contributed by atoms with Crippen LogP contribution in [0.3, 0.4) is 0 Å². The molecule has 1 aliphatic heterocycles. The monoisotopic (exact) mass is 253 g/mol. The molecule has 0 amide bonds. The lowest BCUT2D eigenvalue weighted by atomic mass is 9.78. The van der Waals surface area contributed by atoms with Crippen LogP contribution < -0.4 is 4.90 Å². The lowest BCUT2D eigenvalue weighted by molar-refractivity contribution is 0.462. The van der Waals surface area contributed by atoms with Gasteiger partial charge in [-0.25, -0.2) is 0 Å². The zero-order chi connectivity index (χ0) is 10.3. The summed E-state index contributed by atoms with van der Waals surface area (Å²) in [7, 11) is 2.17. The number of rotatable bonds is 0. The maximum Gasteiger partial charge on any atom is 0.0402 e. The molecule has 14 heavy (non-hydrogen) atoms. The second kappa shape index (κ2) is 3.27. The van der Waals surface area contributed by atoms with E-state index in [-0.39, 0.29) is 0 Å². The number of hydrogen-bond donors (Lipinski definition) is 0. The Balaban J connectivity index is 2.58. The molecule has 2 rings (SSSR count). The maximum atomic E-state index is 3.54. The van der Waals surface area contributed by atoms with Crippen LogP contribution >= 0.6 is 15.9 Å². The molecule has 0 aromatic heterocycles. The minimum absolute atomic E-state index is 0.311. The first-order chi connectivity index (χ1) is 6.50. The quantitative estimate of drug-likeness (QED) is 0.684. The Hall–Kier alpha value is -0.500. The summed E-state index contributed by atoms with van der Waals surface area (Å²) in [5.74, 6) is 0. The molecule has 0 unspecified atom stereocenters. The summed E-state index contributed by atoms with van der Waals surface area (Å²) in [5.41, 5.74) is 3.15. The van der Waals surface area contributed by atoms with E-state index in [0.29, 0.717) is 5.41 Å². The molecule has 0 radical (unpaired) electrons. The molecule has 2 heteroatoms. The van der Waals surface area contributed by atoms with E-state index < -0.39 is 0 Å². The van der Waals surface area contributed by atoms with Gasteiger partial charge in [0.15, 0.2) is 0 Å². The van der Waals surface area contributed by atoms with E-state index in [1.165, 1.54) is 22.1 Å².